The lowest BCUT2D eigenvalue weighted by atomic mass is 10.1. The van der Waals surface area contributed by atoms with Crippen LogP contribution in [0.4, 0.5) is 8.78 Å². The van der Waals surface area contributed by atoms with Gasteiger partial charge in [-0.3, -0.25) is 14.3 Å². The van der Waals surface area contributed by atoms with Crippen LogP contribution in [0.25, 0.3) is 17.0 Å². The molecule has 0 amide bonds. The van der Waals surface area contributed by atoms with E-state index in [1.807, 2.05) is 43.5 Å². The van der Waals surface area contributed by atoms with Crippen molar-refractivity contribution in [3.63, 3.8) is 0 Å². The van der Waals surface area contributed by atoms with Crippen LogP contribution in [-0.4, -0.2) is 25.1 Å². The Bertz CT molecular complexity index is 1500. The van der Waals surface area contributed by atoms with Gasteiger partial charge in [0.15, 0.2) is 17.4 Å². The third-order valence-electron chi connectivity index (χ3n) is 6.07. The van der Waals surface area contributed by atoms with Gasteiger partial charge >= 0.3 is 0 Å². The van der Waals surface area contributed by atoms with E-state index in [1.165, 1.54) is 10.7 Å². The summed E-state index contributed by atoms with van der Waals surface area (Å²) in [6.45, 7) is 3.75. The van der Waals surface area contributed by atoms with E-state index >= 15 is 0 Å². The zero-order valence-electron chi connectivity index (χ0n) is 19.9. The molecular formula is C27H26F2N4O2. The minimum absolute atomic E-state index is 0.0337. The van der Waals surface area contributed by atoms with Gasteiger partial charge in [0.2, 0.25) is 0 Å². The number of hydrogen-bond acceptors (Lipinski definition) is 4. The maximum absolute atomic E-state index is 13.6. The lowest BCUT2D eigenvalue weighted by Gasteiger charge is -2.08. The van der Waals surface area contributed by atoms with E-state index in [1.54, 1.807) is 18.7 Å². The SMILES string of the molecule is CCc1ncc2cc(/C=C/CCC(=O)c3c(C)n(C)n(Cc4ccc(F)c(F)c4)c3=O)ccc2n1. The van der Waals surface area contributed by atoms with Gasteiger partial charge in [-0.1, -0.05) is 31.2 Å². The van der Waals surface area contributed by atoms with Gasteiger partial charge in [-0.2, -0.15) is 0 Å². The van der Waals surface area contributed by atoms with Gasteiger partial charge in [-0.25, -0.2) is 23.4 Å². The smallest absolute Gasteiger partial charge is 0.278 e. The van der Waals surface area contributed by atoms with Crippen LogP contribution in [0.3, 0.4) is 0 Å². The third kappa shape index (κ3) is 5.11. The summed E-state index contributed by atoms with van der Waals surface area (Å²) in [5.74, 6) is -1.37. The van der Waals surface area contributed by atoms with E-state index in [0.717, 1.165) is 40.8 Å². The summed E-state index contributed by atoms with van der Waals surface area (Å²) in [5, 5.41) is 0.946. The van der Waals surface area contributed by atoms with Crippen LogP contribution >= 0.6 is 0 Å². The number of hydrogen-bond donors (Lipinski definition) is 0. The predicted octanol–water partition coefficient (Wildman–Crippen LogP) is 5.00. The first kappa shape index (κ1) is 24.2. The minimum Gasteiger partial charge on any atom is -0.294 e. The lowest BCUT2D eigenvalue weighted by Crippen LogP contribution is -2.25. The number of fused-ring (bicyclic) bond motifs is 1. The molecule has 0 N–H and O–H groups in total. The largest absolute Gasteiger partial charge is 0.294 e. The molecule has 0 spiro atoms. The van der Waals surface area contributed by atoms with Crippen LogP contribution in [-0.2, 0) is 20.0 Å². The van der Waals surface area contributed by atoms with Crippen LogP contribution in [0, 0.1) is 18.6 Å². The molecule has 0 radical (unpaired) electrons. The predicted molar refractivity (Wildman–Crippen MR) is 131 cm³/mol. The molecule has 180 valence electrons. The van der Waals surface area contributed by atoms with Crippen LogP contribution in [0.1, 0.15) is 52.8 Å². The van der Waals surface area contributed by atoms with E-state index in [0.29, 0.717) is 17.7 Å². The molecule has 0 atom stereocenters. The fraction of sp³-hybridized carbons (Fsp3) is 0.259. The van der Waals surface area contributed by atoms with Crippen molar-refractivity contribution >= 4 is 22.8 Å². The van der Waals surface area contributed by atoms with Gasteiger partial charge in [-0.05, 0) is 48.7 Å². The first-order valence-electron chi connectivity index (χ1n) is 11.4. The number of aryl methyl sites for hydroxylation is 1. The molecule has 6 nitrogen and oxygen atoms in total. The Balaban J connectivity index is 1.45. The number of Topliss-reactive ketones (excluding diaryl/α,β-unsaturated/α-hetero) is 1. The van der Waals surface area contributed by atoms with E-state index in [4.69, 9.17) is 0 Å². The Morgan fingerprint density at radius 2 is 1.91 bits per heavy atom. The molecule has 0 aliphatic heterocycles. The topological polar surface area (TPSA) is 69.8 Å². The summed E-state index contributed by atoms with van der Waals surface area (Å²) in [6.07, 6.45) is 7.07. The van der Waals surface area contributed by atoms with Gasteiger partial charge in [-0.15, -0.1) is 0 Å². The number of nitrogens with zero attached hydrogens (tertiary/aromatic N) is 4. The average molecular weight is 477 g/mol. The van der Waals surface area contributed by atoms with Crippen molar-refractivity contribution in [2.45, 2.75) is 39.7 Å². The summed E-state index contributed by atoms with van der Waals surface area (Å²) >= 11 is 0. The van der Waals surface area contributed by atoms with Gasteiger partial charge in [0.1, 0.15) is 11.4 Å². The second-order valence-corrected chi connectivity index (χ2v) is 8.42. The van der Waals surface area contributed by atoms with Crippen molar-refractivity contribution in [3.8, 4) is 0 Å². The number of aromatic nitrogens is 4. The molecule has 0 bridgehead atoms. The first-order valence-corrected chi connectivity index (χ1v) is 11.4. The molecule has 2 aromatic heterocycles. The maximum Gasteiger partial charge on any atom is 0.278 e. The quantitative estimate of drug-likeness (QED) is 0.336. The normalized spacial score (nSPS) is 11.6. The summed E-state index contributed by atoms with van der Waals surface area (Å²) in [6, 6.07) is 9.40. The summed E-state index contributed by atoms with van der Waals surface area (Å²) < 4.78 is 29.7. The highest BCUT2D eigenvalue weighted by molar-refractivity contribution is 5.97. The Morgan fingerprint density at radius 3 is 2.66 bits per heavy atom. The number of carbonyl (C=O) groups is 1. The van der Waals surface area contributed by atoms with E-state index < -0.39 is 17.2 Å². The molecule has 0 saturated heterocycles. The Morgan fingerprint density at radius 1 is 1.11 bits per heavy atom. The van der Waals surface area contributed by atoms with Gasteiger partial charge in [0.05, 0.1) is 12.1 Å². The third-order valence-corrected chi connectivity index (χ3v) is 6.07. The highest BCUT2D eigenvalue weighted by atomic mass is 19.2. The Kier molecular flexibility index (Phi) is 7.00. The van der Waals surface area contributed by atoms with Crippen molar-refractivity contribution in [1.82, 2.24) is 19.3 Å². The molecule has 4 rings (SSSR count). The van der Waals surface area contributed by atoms with Gasteiger partial charge < -0.3 is 0 Å². The molecule has 2 aromatic carbocycles. The standard InChI is InChI=1S/C27H26F2N4O2/c1-4-25-30-15-20-13-18(10-12-23(20)31-25)7-5-6-8-24(34)26-17(2)32(3)33(27(26)35)16-19-9-11-21(28)22(29)14-19/h5,7,9-15H,4,6,8,16H2,1-3H3/b7-5+. The van der Waals surface area contributed by atoms with E-state index in [9.17, 15) is 18.4 Å². The van der Waals surface area contributed by atoms with Gasteiger partial charge in [0.25, 0.3) is 5.56 Å². The summed E-state index contributed by atoms with van der Waals surface area (Å²) in [7, 11) is 1.67. The fourth-order valence-electron chi connectivity index (χ4n) is 4.00. The zero-order chi connectivity index (χ0) is 25.1. The molecule has 0 aliphatic carbocycles. The molecule has 35 heavy (non-hydrogen) atoms. The molecule has 8 heteroatoms. The number of ketones is 1. The molecule has 4 aromatic rings. The number of halogens is 2. The van der Waals surface area contributed by atoms with Crippen LogP contribution < -0.4 is 5.56 Å². The van der Waals surface area contributed by atoms with Gasteiger partial charge in [0, 0.05) is 37.2 Å². The van der Waals surface area contributed by atoms with Crippen molar-refractivity contribution in [2.24, 2.45) is 7.05 Å². The summed E-state index contributed by atoms with van der Waals surface area (Å²) in [5.41, 5.74) is 2.52. The number of rotatable bonds is 8. The van der Waals surface area contributed by atoms with Crippen molar-refractivity contribution in [1.29, 1.82) is 0 Å². The second-order valence-electron chi connectivity index (χ2n) is 8.42. The lowest BCUT2D eigenvalue weighted by molar-refractivity contribution is 0.0982. The zero-order valence-corrected chi connectivity index (χ0v) is 19.9. The maximum atomic E-state index is 13.6. The molecule has 0 fully saturated rings. The molecular weight excluding hydrogens is 450 g/mol. The fourth-order valence-corrected chi connectivity index (χ4v) is 4.00. The van der Waals surface area contributed by atoms with Crippen molar-refractivity contribution < 1.29 is 13.6 Å². The minimum atomic E-state index is -0.978. The van der Waals surface area contributed by atoms with E-state index in [-0.39, 0.29) is 24.3 Å². The van der Waals surface area contributed by atoms with Crippen molar-refractivity contribution in [3.05, 3.63) is 98.9 Å². The number of allylic oxidation sites excluding steroid dienone is 1. The Labute approximate surface area is 201 Å². The highest BCUT2D eigenvalue weighted by Crippen LogP contribution is 2.16. The first-order chi connectivity index (χ1) is 16.8. The van der Waals surface area contributed by atoms with E-state index in [2.05, 4.69) is 9.97 Å². The monoisotopic (exact) mass is 476 g/mol. The van der Waals surface area contributed by atoms with Crippen molar-refractivity contribution in [2.75, 3.05) is 0 Å². The Hall–Kier alpha value is -3.94. The molecule has 0 aliphatic rings. The average Bonchev–Trinajstić information content (AvgIpc) is 3.06. The highest BCUT2D eigenvalue weighted by Gasteiger charge is 2.21. The second kappa shape index (κ2) is 10.1. The number of carbonyl (C=O) groups excluding carboxylic acids is 1. The summed E-state index contributed by atoms with van der Waals surface area (Å²) in [4.78, 5) is 34.6. The molecule has 0 unspecified atom stereocenters. The van der Waals surface area contributed by atoms with Crippen LogP contribution in [0.15, 0.2) is 53.5 Å². The number of benzene rings is 2. The molecule has 2 heterocycles. The van der Waals surface area contributed by atoms with Crippen LogP contribution in [0.5, 0.6) is 0 Å². The molecule has 0 saturated carbocycles. The van der Waals surface area contributed by atoms with Crippen LogP contribution in [0.2, 0.25) is 0 Å².